The minimum absolute atomic E-state index is 0.0177. The number of nitrogens with zero attached hydrogens (tertiary/aromatic N) is 2. The fraction of sp³-hybridized carbons (Fsp3) is 0.250. The van der Waals surface area contributed by atoms with Gasteiger partial charge in [0.1, 0.15) is 10.7 Å². The number of aliphatic hydroxyl groups excluding tert-OH is 1. The van der Waals surface area contributed by atoms with Crippen LogP contribution in [-0.4, -0.2) is 29.9 Å². The Balaban J connectivity index is 2.19. The first kappa shape index (κ1) is 15.7. The van der Waals surface area contributed by atoms with Gasteiger partial charge in [-0.05, 0) is 24.6 Å². The van der Waals surface area contributed by atoms with Gasteiger partial charge in [-0.15, -0.1) is 0 Å². The Morgan fingerprint density at radius 2 is 2.19 bits per heavy atom. The molecule has 0 aliphatic carbocycles. The number of hydrogen-bond acceptors (Lipinski definition) is 4. The fourth-order valence-electron chi connectivity index (χ4n) is 1.61. The monoisotopic (exact) mass is 333 g/mol. The zero-order valence-corrected chi connectivity index (χ0v) is 12.4. The van der Waals surface area contributed by atoms with Gasteiger partial charge in [0.2, 0.25) is 0 Å². The third kappa shape index (κ3) is 3.93. The molecule has 0 unspecified atom stereocenters. The quantitative estimate of drug-likeness (QED) is 0.845. The Morgan fingerprint density at radius 1 is 1.43 bits per heavy atom. The van der Waals surface area contributed by atoms with Gasteiger partial charge in [-0.3, -0.25) is 9.40 Å². The number of nitrogens with one attached hydrogen (secondary N) is 1. The molecule has 0 amide bonds. The minimum atomic E-state index is -3.93. The van der Waals surface area contributed by atoms with Gasteiger partial charge >= 0.3 is 0 Å². The topological polar surface area (TPSA) is 84.2 Å². The Morgan fingerprint density at radius 3 is 2.86 bits per heavy atom. The highest BCUT2D eigenvalue weighted by molar-refractivity contribution is 7.92. The summed E-state index contributed by atoms with van der Waals surface area (Å²) in [4.78, 5) is -0.0882. The largest absolute Gasteiger partial charge is 0.396 e. The van der Waals surface area contributed by atoms with E-state index in [1.54, 1.807) is 0 Å². The summed E-state index contributed by atoms with van der Waals surface area (Å²) in [5, 5.41) is 12.8. The van der Waals surface area contributed by atoms with E-state index < -0.39 is 15.8 Å². The molecule has 9 heteroatoms. The smallest absolute Gasteiger partial charge is 0.265 e. The number of hydrogen-bond donors (Lipinski definition) is 2. The summed E-state index contributed by atoms with van der Waals surface area (Å²) in [7, 11) is -3.93. The highest BCUT2D eigenvalue weighted by Gasteiger charge is 2.18. The van der Waals surface area contributed by atoms with Crippen LogP contribution in [0.1, 0.15) is 6.42 Å². The predicted octanol–water partition coefficient (Wildman–Crippen LogP) is 1.86. The maximum atomic E-state index is 13.6. The lowest BCUT2D eigenvalue weighted by Crippen LogP contribution is -2.13. The van der Waals surface area contributed by atoms with E-state index in [9.17, 15) is 12.8 Å². The van der Waals surface area contributed by atoms with Crippen LogP contribution in [0.5, 0.6) is 0 Å². The second kappa shape index (κ2) is 6.42. The summed E-state index contributed by atoms with van der Waals surface area (Å²) in [6, 6.07) is 3.64. The third-order valence-electron chi connectivity index (χ3n) is 2.64. The molecule has 0 aliphatic rings. The van der Waals surface area contributed by atoms with Crippen molar-refractivity contribution in [3.05, 3.63) is 41.4 Å². The average Bonchev–Trinajstić information content (AvgIpc) is 2.89. The summed E-state index contributed by atoms with van der Waals surface area (Å²) in [6.07, 6.45) is 2.93. The van der Waals surface area contributed by atoms with Gasteiger partial charge in [-0.2, -0.15) is 5.10 Å². The molecule has 0 fully saturated rings. The van der Waals surface area contributed by atoms with Crippen molar-refractivity contribution in [2.75, 3.05) is 11.3 Å². The number of aliphatic hydroxyl groups is 1. The van der Waals surface area contributed by atoms with Crippen molar-refractivity contribution in [3.8, 4) is 0 Å². The van der Waals surface area contributed by atoms with Crippen molar-refractivity contribution in [1.29, 1.82) is 0 Å². The molecule has 114 valence electrons. The molecule has 6 nitrogen and oxygen atoms in total. The molecule has 2 rings (SSSR count). The molecule has 0 atom stereocenters. The van der Waals surface area contributed by atoms with E-state index in [1.807, 2.05) is 0 Å². The van der Waals surface area contributed by atoms with Crippen molar-refractivity contribution < 1.29 is 17.9 Å². The summed E-state index contributed by atoms with van der Waals surface area (Å²) in [5.41, 5.74) is -0.192. The van der Waals surface area contributed by atoms with E-state index in [0.29, 0.717) is 13.0 Å². The van der Waals surface area contributed by atoms with Crippen LogP contribution in [0, 0.1) is 5.82 Å². The summed E-state index contributed by atoms with van der Waals surface area (Å²) in [5.74, 6) is -0.765. The second-order valence-electron chi connectivity index (χ2n) is 4.25. The lowest BCUT2D eigenvalue weighted by molar-refractivity contribution is 0.277. The number of benzene rings is 1. The Hall–Kier alpha value is -1.64. The minimum Gasteiger partial charge on any atom is -0.396 e. The molecular formula is C12H13ClFN3O3S. The standard InChI is InChI=1S/C12H13ClFN3O3S/c13-9-2-3-12(11(14)6-9)16-21(19,20)10-7-15-17(8-10)4-1-5-18/h2-3,6-8,16,18H,1,4-5H2. The lowest BCUT2D eigenvalue weighted by atomic mass is 10.3. The van der Waals surface area contributed by atoms with Crippen LogP contribution in [0.25, 0.3) is 0 Å². The first-order valence-electron chi connectivity index (χ1n) is 6.03. The van der Waals surface area contributed by atoms with Crippen LogP contribution in [0.15, 0.2) is 35.5 Å². The van der Waals surface area contributed by atoms with Crippen molar-refractivity contribution >= 4 is 27.3 Å². The number of halogens is 2. The SMILES string of the molecule is O=S(=O)(Nc1ccc(Cl)cc1F)c1cnn(CCCO)c1. The number of aryl methyl sites for hydroxylation is 1. The van der Waals surface area contributed by atoms with E-state index in [0.717, 1.165) is 12.3 Å². The average molecular weight is 334 g/mol. The maximum Gasteiger partial charge on any atom is 0.265 e. The predicted molar refractivity (Wildman–Crippen MR) is 76.1 cm³/mol. The van der Waals surface area contributed by atoms with Gasteiger partial charge in [-0.1, -0.05) is 11.6 Å². The summed E-state index contributed by atoms with van der Waals surface area (Å²) >= 11 is 5.61. The molecule has 0 spiro atoms. The van der Waals surface area contributed by atoms with Crippen LogP contribution in [-0.2, 0) is 16.6 Å². The van der Waals surface area contributed by atoms with Crippen LogP contribution in [0.4, 0.5) is 10.1 Å². The molecule has 2 aromatic rings. The number of sulfonamides is 1. The van der Waals surface area contributed by atoms with E-state index in [4.69, 9.17) is 16.7 Å². The van der Waals surface area contributed by atoms with Crippen molar-refractivity contribution in [2.45, 2.75) is 17.9 Å². The highest BCUT2D eigenvalue weighted by Crippen LogP contribution is 2.22. The van der Waals surface area contributed by atoms with Crippen LogP contribution >= 0.6 is 11.6 Å². The van der Waals surface area contributed by atoms with E-state index in [-0.39, 0.29) is 22.2 Å². The molecule has 21 heavy (non-hydrogen) atoms. The molecule has 1 aromatic heterocycles. The molecule has 0 aliphatic heterocycles. The van der Waals surface area contributed by atoms with Crippen LogP contribution < -0.4 is 4.72 Å². The molecule has 0 radical (unpaired) electrons. The normalized spacial score (nSPS) is 11.6. The van der Waals surface area contributed by atoms with Crippen LogP contribution in [0.2, 0.25) is 5.02 Å². The Bertz CT molecular complexity index is 733. The second-order valence-corrected chi connectivity index (χ2v) is 6.36. The fourth-order valence-corrected chi connectivity index (χ4v) is 2.79. The number of anilines is 1. The Labute approximate surface area is 126 Å². The zero-order valence-electron chi connectivity index (χ0n) is 10.8. The zero-order chi connectivity index (χ0) is 15.5. The number of aromatic nitrogens is 2. The Kier molecular flexibility index (Phi) is 4.81. The lowest BCUT2D eigenvalue weighted by Gasteiger charge is -2.07. The molecule has 2 N–H and O–H groups in total. The highest BCUT2D eigenvalue weighted by atomic mass is 35.5. The molecular weight excluding hydrogens is 321 g/mol. The summed E-state index contributed by atoms with van der Waals surface area (Å²) < 4.78 is 41.4. The molecule has 0 saturated carbocycles. The van der Waals surface area contributed by atoms with Crippen LogP contribution in [0.3, 0.4) is 0 Å². The molecule has 0 bridgehead atoms. The molecule has 1 aromatic carbocycles. The van der Waals surface area contributed by atoms with Gasteiger partial charge in [0, 0.05) is 24.4 Å². The van der Waals surface area contributed by atoms with Gasteiger partial charge in [0.25, 0.3) is 10.0 Å². The number of rotatable bonds is 6. The van der Waals surface area contributed by atoms with Gasteiger partial charge in [0.15, 0.2) is 0 Å². The van der Waals surface area contributed by atoms with E-state index in [2.05, 4.69) is 9.82 Å². The van der Waals surface area contributed by atoms with Gasteiger partial charge in [-0.25, -0.2) is 12.8 Å². The van der Waals surface area contributed by atoms with E-state index in [1.165, 1.54) is 23.0 Å². The van der Waals surface area contributed by atoms with Crippen molar-refractivity contribution in [1.82, 2.24) is 9.78 Å². The van der Waals surface area contributed by atoms with Gasteiger partial charge in [0.05, 0.1) is 11.9 Å². The first-order valence-corrected chi connectivity index (χ1v) is 7.89. The summed E-state index contributed by atoms with van der Waals surface area (Å²) in [6.45, 7) is 0.373. The third-order valence-corrected chi connectivity index (χ3v) is 4.20. The van der Waals surface area contributed by atoms with E-state index >= 15 is 0 Å². The maximum absolute atomic E-state index is 13.6. The van der Waals surface area contributed by atoms with Crippen molar-refractivity contribution in [2.24, 2.45) is 0 Å². The first-order chi connectivity index (χ1) is 9.92. The molecule has 0 saturated heterocycles. The van der Waals surface area contributed by atoms with Crippen molar-refractivity contribution in [3.63, 3.8) is 0 Å². The van der Waals surface area contributed by atoms with Gasteiger partial charge < -0.3 is 5.11 Å². The molecule has 1 heterocycles.